The Bertz CT molecular complexity index is 108. The molecule has 13 heavy (non-hydrogen) atoms. The summed E-state index contributed by atoms with van der Waals surface area (Å²) in [6, 6.07) is 0. The van der Waals surface area contributed by atoms with Crippen LogP contribution in [0.3, 0.4) is 0 Å². The molecule has 0 amide bonds. The van der Waals surface area contributed by atoms with Crippen molar-refractivity contribution in [2.75, 3.05) is 0 Å². The van der Waals surface area contributed by atoms with Crippen molar-refractivity contribution in [3.05, 3.63) is 0 Å². The summed E-state index contributed by atoms with van der Waals surface area (Å²) in [6.45, 7) is 11.7. The largest absolute Gasteiger partial charge is 0.0654 e. The van der Waals surface area contributed by atoms with Crippen molar-refractivity contribution in [3.63, 3.8) is 0 Å². The number of hydrogen-bond acceptors (Lipinski definition) is 0. The summed E-state index contributed by atoms with van der Waals surface area (Å²) < 4.78 is 0. The molecule has 80 valence electrons. The van der Waals surface area contributed by atoms with Crippen LogP contribution in [0.5, 0.6) is 0 Å². The van der Waals surface area contributed by atoms with E-state index in [-0.39, 0.29) is 0 Å². The Balaban J connectivity index is 3.59. The van der Waals surface area contributed by atoms with Gasteiger partial charge in [0.25, 0.3) is 0 Å². The van der Waals surface area contributed by atoms with Crippen molar-refractivity contribution >= 4 is 0 Å². The summed E-state index contributed by atoms with van der Waals surface area (Å²) in [5.74, 6) is 0.985. The van der Waals surface area contributed by atoms with Gasteiger partial charge in [0, 0.05) is 0 Å². The first-order valence-corrected chi connectivity index (χ1v) is 5.99. The van der Waals surface area contributed by atoms with Crippen LogP contribution in [0.15, 0.2) is 0 Å². The van der Waals surface area contributed by atoms with Gasteiger partial charge in [0.2, 0.25) is 0 Å². The lowest BCUT2D eigenvalue weighted by Gasteiger charge is -2.22. The van der Waals surface area contributed by atoms with Crippen LogP contribution < -0.4 is 0 Å². The minimum atomic E-state index is 0.527. The molecular formula is C13H28. The molecule has 0 aromatic carbocycles. The van der Waals surface area contributed by atoms with E-state index in [1.807, 2.05) is 0 Å². The molecule has 0 bridgehead atoms. The Morgan fingerprint density at radius 2 is 1.62 bits per heavy atom. The highest BCUT2D eigenvalue weighted by atomic mass is 14.2. The molecule has 0 fully saturated rings. The molecule has 0 heterocycles. The van der Waals surface area contributed by atoms with Crippen LogP contribution in [0.1, 0.15) is 73.1 Å². The average Bonchev–Trinajstić information content (AvgIpc) is 2.03. The van der Waals surface area contributed by atoms with Gasteiger partial charge in [0.15, 0.2) is 0 Å². The third-order valence-corrected chi connectivity index (χ3v) is 2.85. The Hall–Kier alpha value is 0. The number of rotatable bonds is 6. The average molecular weight is 184 g/mol. The van der Waals surface area contributed by atoms with Crippen LogP contribution in [-0.2, 0) is 0 Å². The molecule has 0 N–H and O–H groups in total. The van der Waals surface area contributed by atoms with Crippen LogP contribution in [-0.4, -0.2) is 0 Å². The van der Waals surface area contributed by atoms with Gasteiger partial charge in [-0.15, -0.1) is 0 Å². The molecule has 0 aromatic heterocycles. The van der Waals surface area contributed by atoms with Crippen LogP contribution in [0, 0.1) is 11.3 Å². The van der Waals surface area contributed by atoms with E-state index in [1.54, 1.807) is 0 Å². The maximum Gasteiger partial charge on any atom is -0.0383 e. The fourth-order valence-corrected chi connectivity index (χ4v) is 1.68. The maximum absolute atomic E-state index is 2.35. The van der Waals surface area contributed by atoms with E-state index in [9.17, 15) is 0 Å². The zero-order valence-corrected chi connectivity index (χ0v) is 10.3. The molecule has 0 rings (SSSR count). The van der Waals surface area contributed by atoms with Gasteiger partial charge in [-0.1, -0.05) is 60.3 Å². The van der Waals surface area contributed by atoms with Gasteiger partial charge < -0.3 is 0 Å². The molecular weight excluding hydrogens is 156 g/mol. The quantitative estimate of drug-likeness (QED) is 0.543. The van der Waals surface area contributed by atoms with Gasteiger partial charge in [-0.2, -0.15) is 0 Å². The summed E-state index contributed by atoms with van der Waals surface area (Å²) in [5, 5.41) is 0. The Morgan fingerprint density at radius 1 is 1.00 bits per heavy atom. The Kier molecular flexibility index (Phi) is 6.45. The summed E-state index contributed by atoms with van der Waals surface area (Å²) in [5.41, 5.74) is 0.527. The molecule has 0 aromatic rings. The lowest BCUT2D eigenvalue weighted by atomic mass is 9.84. The van der Waals surface area contributed by atoms with Crippen molar-refractivity contribution in [2.24, 2.45) is 11.3 Å². The second kappa shape index (κ2) is 6.45. The van der Waals surface area contributed by atoms with Crippen molar-refractivity contribution < 1.29 is 0 Å². The number of unbranched alkanes of at least 4 members (excludes halogenated alkanes) is 1. The Morgan fingerprint density at radius 3 is 2.00 bits per heavy atom. The fraction of sp³-hybridized carbons (Fsp3) is 1.00. The third kappa shape index (κ3) is 8.33. The highest BCUT2D eigenvalue weighted by molar-refractivity contribution is 4.65. The second-order valence-electron chi connectivity index (χ2n) is 5.52. The van der Waals surface area contributed by atoms with E-state index < -0.39 is 0 Å². The van der Waals surface area contributed by atoms with Gasteiger partial charge in [-0.3, -0.25) is 0 Å². The van der Waals surface area contributed by atoms with Gasteiger partial charge in [0.05, 0.1) is 0 Å². The minimum Gasteiger partial charge on any atom is -0.0654 e. The van der Waals surface area contributed by atoms with E-state index in [0.717, 1.165) is 5.92 Å². The lowest BCUT2D eigenvalue weighted by Crippen LogP contribution is -2.09. The summed E-state index contributed by atoms with van der Waals surface area (Å²) in [6.07, 6.45) is 8.41. The van der Waals surface area contributed by atoms with Crippen LogP contribution in [0.2, 0.25) is 0 Å². The summed E-state index contributed by atoms with van der Waals surface area (Å²) in [4.78, 5) is 0. The molecule has 0 nitrogen and oxygen atoms in total. The van der Waals surface area contributed by atoms with E-state index in [1.165, 1.54) is 38.5 Å². The van der Waals surface area contributed by atoms with Crippen LogP contribution >= 0.6 is 0 Å². The molecule has 0 saturated heterocycles. The minimum absolute atomic E-state index is 0.527. The van der Waals surface area contributed by atoms with Crippen molar-refractivity contribution in [3.8, 4) is 0 Å². The normalized spacial score (nSPS) is 14.5. The fourth-order valence-electron chi connectivity index (χ4n) is 1.68. The molecule has 0 aliphatic heterocycles. The van der Waals surface area contributed by atoms with E-state index in [2.05, 4.69) is 34.6 Å². The van der Waals surface area contributed by atoms with E-state index >= 15 is 0 Å². The van der Waals surface area contributed by atoms with Crippen molar-refractivity contribution in [2.45, 2.75) is 73.1 Å². The SMILES string of the molecule is CCCC[C@@H](CC)CCC(C)(C)C. The zero-order valence-electron chi connectivity index (χ0n) is 10.3. The molecule has 0 saturated carbocycles. The van der Waals surface area contributed by atoms with Crippen molar-refractivity contribution in [1.29, 1.82) is 0 Å². The van der Waals surface area contributed by atoms with E-state index in [0.29, 0.717) is 5.41 Å². The summed E-state index contributed by atoms with van der Waals surface area (Å²) >= 11 is 0. The molecule has 0 aliphatic rings. The van der Waals surface area contributed by atoms with Gasteiger partial charge in [0.1, 0.15) is 0 Å². The topological polar surface area (TPSA) is 0 Å². The first kappa shape index (κ1) is 13.0. The molecule has 0 radical (unpaired) electrons. The monoisotopic (exact) mass is 184 g/mol. The lowest BCUT2D eigenvalue weighted by molar-refractivity contribution is 0.305. The predicted octanol–water partition coefficient (Wildman–Crippen LogP) is 5.03. The molecule has 0 aliphatic carbocycles. The molecule has 1 atom stereocenters. The van der Waals surface area contributed by atoms with Gasteiger partial charge in [-0.25, -0.2) is 0 Å². The first-order chi connectivity index (χ1) is 5.99. The smallest absolute Gasteiger partial charge is 0.0383 e. The van der Waals surface area contributed by atoms with Gasteiger partial charge >= 0.3 is 0 Å². The zero-order chi connectivity index (χ0) is 10.3. The van der Waals surface area contributed by atoms with Crippen LogP contribution in [0.4, 0.5) is 0 Å². The standard InChI is InChI=1S/C13H28/c1-6-8-9-12(7-2)10-11-13(3,4)5/h12H,6-11H2,1-5H3/t12-/m1/s1. The Labute approximate surface area is 85.1 Å². The number of hydrogen-bond donors (Lipinski definition) is 0. The third-order valence-electron chi connectivity index (χ3n) is 2.85. The molecule has 0 unspecified atom stereocenters. The predicted molar refractivity (Wildman–Crippen MR) is 62.0 cm³/mol. The summed E-state index contributed by atoms with van der Waals surface area (Å²) in [7, 11) is 0. The highest BCUT2D eigenvalue weighted by Crippen LogP contribution is 2.27. The van der Waals surface area contributed by atoms with E-state index in [4.69, 9.17) is 0 Å². The van der Waals surface area contributed by atoms with Gasteiger partial charge in [-0.05, 0) is 24.2 Å². The second-order valence-corrected chi connectivity index (χ2v) is 5.52. The maximum atomic E-state index is 2.35. The molecule has 0 heteroatoms. The first-order valence-electron chi connectivity index (χ1n) is 5.99. The van der Waals surface area contributed by atoms with Crippen molar-refractivity contribution in [1.82, 2.24) is 0 Å². The highest BCUT2D eigenvalue weighted by Gasteiger charge is 2.13. The van der Waals surface area contributed by atoms with Crippen LogP contribution in [0.25, 0.3) is 0 Å². The molecule has 0 spiro atoms.